The molecule has 2 rings (SSSR count). The van der Waals surface area contributed by atoms with E-state index in [0.29, 0.717) is 18.3 Å². The Morgan fingerprint density at radius 1 is 0.889 bits per heavy atom. The van der Waals surface area contributed by atoms with Crippen molar-refractivity contribution in [2.45, 2.75) is 12.4 Å². The number of carboxylic acids is 2. The van der Waals surface area contributed by atoms with Crippen LogP contribution in [0.1, 0.15) is 32.1 Å². The third kappa shape index (κ3) is 6.13. The minimum atomic E-state index is -4.79. The number of hydrogen-bond donors (Lipinski definition) is 3. The first-order valence-electron chi connectivity index (χ1n) is 6.55. The summed E-state index contributed by atoms with van der Waals surface area (Å²) in [7, 11) is 0. The van der Waals surface area contributed by atoms with Crippen molar-refractivity contribution in [1.82, 2.24) is 4.98 Å². The van der Waals surface area contributed by atoms with Crippen molar-refractivity contribution in [2.24, 2.45) is 0 Å². The van der Waals surface area contributed by atoms with Gasteiger partial charge in [-0.25, -0.2) is 9.59 Å². The summed E-state index contributed by atoms with van der Waals surface area (Å²) in [5.41, 5.74) is -3.60. The summed E-state index contributed by atoms with van der Waals surface area (Å²) in [4.78, 5) is 23.6. The number of halogens is 6. The molecule has 146 valence electrons. The first kappa shape index (κ1) is 21.7. The number of aromatic carboxylic acids is 2. The zero-order valence-electron chi connectivity index (χ0n) is 12.8. The van der Waals surface area contributed by atoms with Gasteiger partial charge in [0, 0.05) is 23.1 Å². The minimum Gasteiger partial charge on any atom is -0.478 e. The quantitative estimate of drug-likeness (QED) is 0.407. The average molecular weight is 399 g/mol. The van der Waals surface area contributed by atoms with Gasteiger partial charge in [-0.15, -0.1) is 0 Å². The topological polar surface area (TPSA) is 112 Å². The fourth-order valence-corrected chi connectivity index (χ4v) is 1.56. The summed E-state index contributed by atoms with van der Waals surface area (Å²) in [6.07, 6.45) is -7.97. The lowest BCUT2D eigenvalue weighted by Gasteiger charge is -2.04. The zero-order valence-corrected chi connectivity index (χ0v) is 12.8. The SMILES string of the molecule is O=C(O)c1cc[n+](O)c(C(F)(F)F)c1.O=C(O)c1ccnc(C(F)(F)F)c1. The average Bonchev–Trinajstić information content (AvgIpc) is 2.54. The Hall–Kier alpha value is -3.38. The molecule has 0 saturated heterocycles. The summed E-state index contributed by atoms with van der Waals surface area (Å²) in [6, 6.07) is 2.69. The molecule has 7 nitrogen and oxygen atoms in total. The molecule has 13 heteroatoms. The predicted molar refractivity (Wildman–Crippen MR) is 72.0 cm³/mol. The molecular formula is C14H9F6N2O5+. The van der Waals surface area contributed by atoms with Gasteiger partial charge in [-0.1, -0.05) is 0 Å². The van der Waals surface area contributed by atoms with Crippen LogP contribution in [0.2, 0.25) is 0 Å². The molecule has 0 atom stereocenters. The molecule has 0 bridgehead atoms. The fourth-order valence-electron chi connectivity index (χ4n) is 1.56. The lowest BCUT2D eigenvalue weighted by Crippen LogP contribution is -2.39. The molecule has 2 heterocycles. The molecule has 0 radical (unpaired) electrons. The van der Waals surface area contributed by atoms with Crippen molar-refractivity contribution in [3.05, 3.63) is 59.2 Å². The monoisotopic (exact) mass is 399 g/mol. The van der Waals surface area contributed by atoms with Gasteiger partial charge in [0.2, 0.25) is 6.20 Å². The Kier molecular flexibility index (Phi) is 6.33. The van der Waals surface area contributed by atoms with E-state index in [1.807, 2.05) is 0 Å². The van der Waals surface area contributed by atoms with Crippen LogP contribution >= 0.6 is 0 Å². The molecule has 27 heavy (non-hydrogen) atoms. The van der Waals surface area contributed by atoms with Crippen molar-refractivity contribution >= 4 is 11.9 Å². The molecule has 0 aliphatic rings. The fraction of sp³-hybridized carbons (Fsp3) is 0.143. The van der Waals surface area contributed by atoms with Crippen LogP contribution in [0, 0.1) is 0 Å². The second kappa shape index (κ2) is 7.88. The van der Waals surface area contributed by atoms with Crippen molar-refractivity contribution < 1.29 is 56.1 Å². The Morgan fingerprint density at radius 2 is 1.41 bits per heavy atom. The third-order valence-electron chi connectivity index (χ3n) is 2.77. The number of carboxylic acid groups (broad SMARTS) is 2. The summed E-state index contributed by atoms with van der Waals surface area (Å²) < 4.78 is 72.1. The van der Waals surface area contributed by atoms with Gasteiger partial charge in [0.15, 0.2) is 0 Å². The van der Waals surface area contributed by atoms with E-state index in [4.69, 9.17) is 15.4 Å². The summed E-state index contributed by atoms with van der Waals surface area (Å²) >= 11 is 0. The number of nitrogens with zero attached hydrogens (tertiary/aromatic N) is 2. The molecule has 0 aliphatic carbocycles. The molecule has 2 aromatic rings. The van der Waals surface area contributed by atoms with Crippen LogP contribution in [-0.4, -0.2) is 32.3 Å². The van der Waals surface area contributed by atoms with E-state index < -0.39 is 46.8 Å². The number of aromatic nitrogens is 2. The van der Waals surface area contributed by atoms with Crippen LogP contribution in [0.15, 0.2) is 36.7 Å². The number of pyridine rings is 2. The summed E-state index contributed by atoms with van der Waals surface area (Å²) in [5.74, 6) is -2.90. The first-order valence-corrected chi connectivity index (χ1v) is 6.55. The van der Waals surface area contributed by atoms with Gasteiger partial charge in [0.25, 0.3) is 0 Å². The highest BCUT2D eigenvalue weighted by Gasteiger charge is 2.42. The molecule has 3 N–H and O–H groups in total. The number of rotatable bonds is 2. The minimum absolute atomic E-state index is 0.174. The van der Waals surface area contributed by atoms with E-state index >= 15 is 0 Å². The van der Waals surface area contributed by atoms with Gasteiger partial charge in [0.05, 0.1) is 11.1 Å². The molecule has 0 spiro atoms. The second-order valence-corrected chi connectivity index (χ2v) is 4.68. The molecule has 0 fully saturated rings. The van der Waals surface area contributed by atoms with Gasteiger partial charge < -0.3 is 10.2 Å². The van der Waals surface area contributed by atoms with E-state index in [1.54, 1.807) is 0 Å². The molecule has 0 aromatic carbocycles. The van der Waals surface area contributed by atoms with Crippen LogP contribution in [0.4, 0.5) is 26.3 Å². The van der Waals surface area contributed by atoms with Crippen LogP contribution in [-0.2, 0) is 12.4 Å². The van der Waals surface area contributed by atoms with Crippen molar-refractivity contribution in [1.29, 1.82) is 0 Å². The predicted octanol–water partition coefficient (Wildman–Crippen LogP) is 2.73. The largest absolute Gasteiger partial charge is 0.482 e. The van der Waals surface area contributed by atoms with E-state index in [2.05, 4.69) is 4.98 Å². The Bertz CT molecular complexity index is 851. The molecule has 0 unspecified atom stereocenters. The number of hydrogen-bond acceptors (Lipinski definition) is 4. The molecule has 2 aromatic heterocycles. The van der Waals surface area contributed by atoms with Crippen LogP contribution < -0.4 is 4.73 Å². The molecule has 0 aliphatic heterocycles. The Balaban J connectivity index is 0.000000271. The van der Waals surface area contributed by atoms with Gasteiger partial charge in [-0.3, -0.25) is 10.2 Å². The van der Waals surface area contributed by atoms with Gasteiger partial charge in [-0.2, -0.15) is 26.3 Å². The lowest BCUT2D eigenvalue weighted by atomic mass is 10.2. The Labute approximate surface area is 145 Å². The first-order chi connectivity index (χ1) is 12.2. The molecule has 0 saturated carbocycles. The van der Waals surface area contributed by atoms with Gasteiger partial charge in [0.1, 0.15) is 5.69 Å². The third-order valence-corrected chi connectivity index (χ3v) is 2.77. The number of carbonyl (C=O) groups is 2. The smallest absolute Gasteiger partial charge is 0.478 e. The van der Waals surface area contributed by atoms with Crippen molar-refractivity contribution in [3.8, 4) is 0 Å². The van der Waals surface area contributed by atoms with E-state index in [9.17, 15) is 35.9 Å². The zero-order chi connectivity index (χ0) is 21.0. The standard InChI is InChI=1S/C7H4F3NO3.C7H4F3NO2/c8-7(9,10)5-3-4(6(12)13)1-2-11(5)14;8-7(9,10)5-3-4(6(12)13)1-2-11-5/h1-3H,(H-,12,13,14);1-3H,(H,12,13)/p+1. The Morgan fingerprint density at radius 3 is 1.85 bits per heavy atom. The maximum absolute atomic E-state index is 12.1. The van der Waals surface area contributed by atoms with Crippen LogP contribution in [0.3, 0.4) is 0 Å². The summed E-state index contributed by atoms with van der Waals surface area (Å²) in [6.45, 7) is 0. The van der Waals surface area contributed by atoms with E-state index in [1.165, 1.54) is 0 Å². The van der Waals surface area contributed by atoms with Crippen molar-refractivity contribution in [3.63, 3.8) is 0 Å². The second-order valence-electron chi connectivity index (χ2n) is 4.68. The van der Waals surface area contributed by atoms with Gasteiger partial charge in [-0.05, 0) is 12.1 Å². The maximum Gasteiger partial charge on any atom is 0.482 e. The highest BCUT2D eigenvalue weighted by molar-refractivity contribution is 5.87. The normalized spacial score (nSPS) is 11.3. The molecule has 0 amide bonds. The number of alkyl halides is 6. The van der Waals surface area contributed by atoms with Crippen LogP contribution in [0.5, 0.6) is 0 Å². The highest BCUT2D eigenvalue weighted by Crippen LogP contribution is 2.28. The van der Waals surface area contributed by atoms with E-state index in [0.717, 1.165) is 18.3 Å². The highest BCUT2D eigenvalue weighted by atomic mass is 19.4. The summed E-state index contributed by atoms with van der Waals surface area (Å²) in [5, 5.41) is 25.5. The lowest BCUT2D eigenvalue weighted by molar-refractivity contribution is -0.915. The maximum atomic E-state index is 12.1. The van der Waals surface area contributed by atoms with Crippen LogP contribution in [0.25, 0.3) is 0 Å². The van der Waals surface area contributed by atoms with E-state index in [-0.39, 0.29) is 4.73 Å². The van der Waals surface area contributed by atoms with Gasteiger partial charge >= 0.3 is 30.0 Å². The molecular weight excluding hydrogens is 390 g/mol. The van der Waals surface area contributed by atoms with Crippen molar-refractivity contribution in [2.75, 3.05) is 0 Å².